The van der Waals surface area contributed by atoms with Crippen LogP contribution in [0.1, 0.15) is 15.9 Å². The molecule has 0 aromatic heterocycles. The molecule has 1 aliphatic rings. The van der Waals surface area contributed by atoms with E-state index >= 15 is 0 Å². The second-order valence-electron chi connectivity index (χ2n) is 5.25. The largest absolute Gasteiger partial charge is 0.336 e. The van der Waals surface area contributed by atoms with Gasteiger partial charge < -0.3 is 10.6 Å². The Hall–Kier alpha value is -2.82. The predicted octanol–water partition coefficient (Wildman–Crippen LogP) is 2.78. The van der Waals surface area contributed by atoms with Gasteiger partial charge in [-0.05, 0) is 43.3 Å². The number of hydrogen-bond acceptors (Lipinski definition) is 2. The fourth-order valence-corrected chi connectivity index (χ4v) is 2.43. The molecule has 5 nitrogen and oxygen atoms in total. The van der Waals surface area contributed by atoms with Crippen LogP contribution in [0.15, 0.2) is 48.5 Å². The summed E-state index contributed by atoms with van der Waals surface area (Å²) in [6, 6.07) is 14.6. The molecule has 3 amide bonds. The Morgan fingerprint density at radius 1 is 1.18 bits per heavy atom. The van der Waals surface area contributed by atoms with Crippen LogP contribution in [0.3, 0.4) is 0 Å². The molecule has 2 aromatic carbocycles. The van der Waals surface area contributed by atoms with Gasteiger partial charge in [0.2, 0.25) is 0 Å². The van der Waals surface area contributed by atoms with Gasteiger partial charge in [-0.15, -0.1) is 0 Å². The molecule has 1 saturated heterocycles. The summed E-state index contributed by atoms with van der Waals surface area (Å²) < 4.78 is 0. The Labute approximate surface area is 128 Å². The maximum atomic E-state index is 12.2. The van der Waals surface area contributed by atoms with E-state index in [-0.39, 0.29) is 11.9 Å². The zero-order valence-corrected chi connectivity index (χ0v) is 12.3. The van der Waals surface area contributed by atoms with Gasteiger partial charge in [0.15, 0.2) is 0 Å². The molecule has 0 aliphatic carbocycles. The van der Waals surface area contributed by atoms with Crippen molar-refractivity contribution in [1.29, 1.82) is 0 Å². The van der Waals surface area contributed by atoms with Gasteiger partial charge >= 0.3 is 6.03 Å². The van der Waals surface area contributed by atoms with E-state index in [2.05, 4.69) is 10.6 Å². The monoisotopic (exact) mass is 295 g/mol. The standard InChI is InChI=1S/C17H17N3O2/c1-12-3-2-4-13(11-12)16(21)19-14-5-7-15(8-6-14)20-10-9-18-17(20)22/h2-8,11H,9-10H2,1H3,(H,18,22)(H,19,21). The van der Waals surface area contributed by atoms with E-state index in [4.69, 9.17) is 0 Å². The highest BCUT2D eigenvalue weighted by Gasteiger charge is 2.20. The minimum absolute atomic E-state index is 0.0865. The normalized spacial score (nSPS) is 13.9. The van der Waals surface area contributed by atoms with Crippen LogP contribution in [0.4, 0.5) is 16.2 Å². The van der Waals surface area contributed by atoms with Crippen molar-refractivity contribution in [3.8, 4) is 0 Å². The number of anilines is 2. The highest BCUT2D eigenvalue weighted by atomic mass is 16.2. The second kappa shape index (κ2) is 5.89. The van der Waals surface area contributed by atoms with Crippen LogP contribution in [0.5, 0.6) is 0 Å². The van der Waals surface area contributed by atoms with E-state index in [1.165, 1.54) is 0 Å². The lowest BCUT2D eigenvalue weighted by Gasteiger charge is -2.14. The molecule has 0 spiro atoms. The van der Waals surface area contributed by atoms with Gasteiger partial charge in [0, 0.05) is 30.0 Å². The van der Waals surface area contributed by atoms with E-state index in [0.717, 1.165) is 11.3 Å². The topological polar surface area (TPSA) is 61.4 Å². The molecule has 112 valence electrons. The van der Waals surface area contributed by atoms with Crippen molar-refractivity contribution in [2.45, 2.75) is 6.92 Å². The maximum absolute atomic E-state index is 12.2. The van der Waals surface area contributed by atoms with Crippen molar-refractivity contribution >= 4 is 23.3 Å². The van der Waals surface area contributed by atoms with E-state index in [1.807, 2.05) is 37.3 Å². The first-order valence-corrected chi connectivity index (χ1v) is 7.17. The third-order valence-electron chi connectivity index (χ3n) is 3.57. The number of carbonyl (C=O) groups excluding carboxylic acids is 2. The number of hydrogen-bond donors (Lipinski definition) is 2. The van der Waals surface area contributed by atoms with E-state index in [1.54, 1.807) is 23.1 Å². The van der Waals surface area contributed by atoms with Gasteiger partial charge in [0.05, 0.1) is 0 Å². The zero-order chi connectivity index (χ0) is 15.5. The molecule has 0 bridgehead atoms. The Morgan fingerprint density at radius 2 is 1.95 bits per heavy atom. The fraction of sp³-hybridized carbons (Fsp3) is 0.176. The molecule has 22 heavy (non-hydrogen) atoms. The van der Waals surface area contributed by atoms with Crippen molar-refractivity contribution < 1.29 is 9.59 Å². The van der Waals surface area contributed by atoms with E-state index in [9.17, 15) is 9.59 Å². The molecule has 5 heteroatoms. The molecule has 1 fully saturated rings. The molecular formula is C17H17N3O2. The highest BCUT2D eigenvalue weighted by molar-refractivity contribution is 6.04. The van der Waals surface area contributed by atoms with Gasteiger partial charge in [-0.3, -0.25) is 9.69 Å². The van der Waals surface area contributed by atoms with Gasteiger partial charge in [-0.1, -0.05) is 17.7 Å². The SMILES string of the molecule is Cc1cccc(C(=O)Nc2ccc(N3CCNC3=O)cc2)c1. The minimum atomic E-state index is -0.143. The average Bonchev–Trinajstić information content (AvgIpc) is 2.94. The van der Waals surface area contributed by atoms with E-state index < -0.39 is 0 Å². The Bertz CT molecular complexity index is 710. The molecule has 0 saturated carbocycles. The smallest absolute Gasteiger partial charge is 0.321 e. The summed E-state index contributed by atoms with van der Waals surface area (Å²) in [7, 11) is 0. The summed E-state index contributed by atoms with van der Waals surface area (Å²) in [5.41, 5.74) is 3.20. The van der Waals surface area contributed by atoms with Crippen molar-refractivity contribution in [3.05, 3.63) is 59.7 Å². The number of rotatable bonds is 3. The Morgan fingerprint density at radius 3 is 2.59 bits per heavy atom. The van der Waals surface area contributed by atoms with Gasteiger partial charge in [0.1, 0.15) is 0 Å². The first-order chi connectivity index (χ1) is 10.6. The lowest BCUT2D eigenvalue weighted by molar-refractivity contribution is 0.102. The van der Waals surface area contributed by atoms with Crippen LogP contribution in [0, 0.1) is 6.92 Å². The Balaban J connectivity index is 1.71. The molecule has 2 aromatic rings. The van der Waals surface area contributed by atoms with Gasteiger partial charge in [0.25, 0.3) is 5.91 Å². The van der Waals surface area contributed by atoms with Crippen molar-refractivity contribution in [2.24, 2.45) is 0 Å². The molecular weight excluding hydrogens is 278 g/mol. The molecule has 1 aliphatic heterocycles. The molecule has 1 heterocycles. The summed E-state index contributed by atoms with van der Waals surface area (Å²) in [4.78, 5) is 25.4. The van der Waals surface area contributed by atoms with Crippen LogP contribution in [0.2, 0.25) is 0 Å². The number of benzene rings is 2. The lowest BCUT2D eigenvalue weighted by atomic mass is 10.1. The lowest BCUT2D eigenvalue weighted by Crippen LogP contribution is -2.27. The van der Waals surface area contributed by atoms with Gasteiger partial charge in [-0.25, -0.2) is 4.79 Å². The predicted molar refractivity (Wildman–Crippen MR) is 86.3 cm³/mol. The third kappa shape index (κ3) is 2.93. The quantitative estimate of drug-likeness (QED) is 0.914. The first-order valence-electron chi connectivity index (χ1n) is 7.17. The molecule has 0 atom stereocenters. The molecule has 0 radical (unpaired) electrons. The van der Waals surface area contributed by atoms with Crippen LogP contribution in [-0.2, 0) is 0 Å². The number of nitrogens with zero attached hydrogens (tertiary/aromatic N) is 1. The summed E-state index contributed by atoms with van der Waals surface area (Å²) in [6.45, 7) is 3.27. The number of nitrogens with one attached hydrogen (secondary N) is 2. The number of aryl methyl sites for hydroxylation is 1. The zero-order valence-electron chi connectivity index (χ0n) is 12.3. The highest BCUT2D eigenvalue weighted by Crippen LogP contribution is 2.20. The van der Waals surface area contributed by atoms with E-state index in [0.29, 0.717) is 24.3 Å². The minimum Gasteiger partial charge on any atom is -0.336 e. The van der Waals surface area contributed by atoms with Gasteiger partial charge in [-0.2, -0.15) is 0 Å². The molecule has 0 unspecified atom stereocenters. The number of urea groups is 1. The van der Waals surface area contributed by atoms with Crippen LogP contribution < -0.4 is 15.5 Å². The molecule has 3 rings (SSSR count). The average molecular weight is 295 g/mol. The van der Waals surface area contributed by atoms with Crippen LogP contribution >= 0.6 is 0 Å². The van der Waals surface area contributed by atoms with Crippen molar-refractivity contribution in [1.82, 2.24) is 5.32 Å². The Kier molecular flexibility index (Phi) is 3.78. The fourth-order valence-electron chi connectivity index (χ4n) is 2.43. The van der Waals surface area contributed by atoms with Crippen LogP contribution in [0.25, 0.3) is 0 Å². The summed E-state index contributed by atoms with van der Waals surface area (Å²) >= 11 is 0. The van der Waals surface area contributed by atoms with Crippen molar-refractivity contribution in [3.63, 3.8) is 0 Å². The summed E-state index contributed by atoms with van der Waals surface area (Å²) in [6.07, 6.45) is 0. The molecule has 2 N–H and O–H groups in total. The maximum Gasteiger partial charge on any atom is 0.321 e. The summed E-state index contributed by atoms with van der Waals surface area (Å²) in [5, 5.41) is 5.62. The number of amides is 3. The first kappa shape index (κ1) is 14.1. The third-order valence-corrected chi connectivity index (χ3v) is 3.57. The summed E-state index contributed by atoms with van der Waals surface area (Å²) in [5.74, 6) is -0.143. The van der Waals surface area contributed by atoms with Crippen molar-refractivity contribution in [2.75, 3.05) is 23.3 Å². The van der Waals surface area contributed by atoms with Crippen LogP contribution in [-0.4, -0.2) is 25.0 Å². The second-order valence-corrected chi connectivity index (χ2v) is 5.25. The number of carbonyl (C=O) groups is 2.